The number of nitrogen functional groups attached to an aromatic ring is 1. The first-order valence-electron chi connectivity index (χ1n) is 6.07. The average molecular weight is 269 g/mol. The summed E-state index contributed by atoms with van der Waals surface area (Å²) in [7, 11) is 0. The Kier molecular flexibility index (Phi) is 4.09. The molecule has 1 aliphatic carbocycles. The minimum Gasteiger partial charge on any atom is -0.399 e. The lowest BCUT2D eigenvalue weighted by molar-refractivity contribution is -0.00862. The van der Waals surface area contributed by atoms with E-state index in [4.69, 9.17) is 22.1 Å². The maximum atomic E-state index is 12.0. The van der Waals surface area contributed by atoms with Crippen LogP contribution in [0.5, 0.6) is 0 Å². The first kappa shape index (κ1) is 13.2. The molecule has 1 aromatic carbocycles. The number of ether oxygens (including phenoxy) is 1. The van der Waals surface area contributed by atoms with Gasteiger partial charge in [0.1, 0.15) is 0 Å². The van der Waals surface area contributed by atoms with Crippen molar-refractivity contribution in [3.63, 3.8) is 0 Å². The predicted molar refractivity (Wildman–Crippen MR) is 71.8 cm³/mol. The van der Waals surface area contributed by atoms with Crippen molar-refractivity contribution in [1.82, 2.24) is 5.32 Å². The summed E-state index contributed by atoms with van der Waals surface area (Å²) in [5.74, 6) is -0.135. The Bertz CT molecular complexity index is 424. The zero-order chi connectivity index (χ0) is 13.1. The highest BCUT2D eigenvalue weighted by molar-refractivity contribution is 6.31. The van der Waals surface area contributed by atoms with E-state index >= 15 is 0 Å². The number of hydrogen-bond donors (Lipinski definition) is 2. The summed E-state index contributed by atoms with van der Waals surface area (Å²) in [6, 6.07) is 5.05. The Morgan fingerprint density at radius 2 is 2.22 bits per heavy atom. The van der Waals surface area contributed by atoms with Crippen LogP contribution in [0.1, 0.15) is 30.1 Å². The molecule has 5 heteroatoms. The maximum Gasteiger partial charge on any atom is 0.251 e. The van der Waals surface area contributed by atoms with E-state index in [0.717, 1.165) is 19.4 Å². The summed E-state index contributed by atoms with van der Waals surface area (Å²) >= 11 is 5.86. The molecule has 0 aliphatic heterocycles. The molecule has 0 spiro atoms. The molecular weight excluding hydrogens is 252 g/mol. The van der Waals surface area contributed by atoms with Gasteiger partial charge in [-0.2, -0.15) is 0 Å². The molecule has 4 nitrogen and oxygen atoms in total. The van der Waals surface area contributed by atoms with Gasteiger partial charge in [-0.15, -0.1) is 0 Å². The van der Waals surface area contributed by atoms with Crippen molar-refractivity contribution >= 4 is 23.2 Å². The third kappa shape index (κ3) is 3.15. The number of benzene rings is 1. The van der Waals surface area contributed by atoms with Crippen molar-refractivity contribution in [2.75, 3.05) is 12.3 Å². The van der Waals surface area contributed by atoms with Gasteiger partial charge >= 0.3 is 0 Å². The SMILES string of the molecule is CCOC1CC(NC(=O)c2cc(N)cc(Cl)c2)C1. The Hall–Kier alpha value is -1.26. The molecule has 0 heterocycles. The number of anilines is 1. The third-order valence-electron chi connectivity index (χ3n) is 3.01. The summed E-state index contributed by atoms with van der Waals surface area (Å²) in [6.07, 6.45) is 2.02. The maximum absolute atomic E-state index is 12.0. The lowest BCUT2D eigenvalue weighted by Gasteiger charge is -2.35. The van der Waals surface area contributed by atoms with Gasteiger partial charge in [0, 0.05) is 28.9 Å². The summed E-state index contributed by atoms with van der Waals surface area (Å²) in [5.41, 5.74) is 6.65. The molecule has 1 saturated carbocycles. The van der Waals surface area contributed by atoms with Crippen molar-refractivity contribution in [2.24, 2.45) is 0 Å². The summed E-state index contributed by atoms with van der Waals surface area (Å²) in [4.78, 5) is 12.0. The average Bonchev–Trinajstić information content (AvgIpc) is 2.24. The molecule has 3 N–H and O–H groups in total. The van der Waals surface area contributed by atoms with E-state index in [-0.39, 0.29) is 18.1 Å². The molecule has 2 rings (SSSR count). The monoisotopic (exact) mass is 268 g/mol. The van der Waals surface area contributed by atoms with Crippen molar-refractivity contribution in [3.05, 3.63) is 28.8 Å². The van der Waals surface area contributed by atoms with Gasteiger partial charge in [0.15, 0.2) is 0 Å². The van der Waals surface area contributed by atoms with Crippen LogP contribution in [0.2, 0.25) is 5.02 Å². The molecule has 0 aromatic heterocycles. The van der Waals surface area contributed by atoms with Crippen molar-refractivity contribution in [2.45, 2.75) is 31.9 Å². The van der Waals surface area contributed by atoms with Crippen molar-refractivity contribution in [3.8, 4) is 0 Å². The quantitative estimate of drug-likeness (QED) is 0.823. The Labute approximate surface area is 111 Å². The van der Waals surface area contributed by atoms with Crippen LogP contribution in [-0.4, -0.2) is 24.7 Å². The number of carbonyl (C=O) groups excluding carboxylic acids is 1. The minimum atomic E-state index is -0.135. The topological polar surface area (TPSA) is 64.3 Å². The second-order valence-electron chi connectivity index (χ2n) is 4.49. The second-order valence-corrected chi connectivity index (χ2v) is 4.93. The van der Waals surface area contributed by atoms with Gasteiger partial charge in [-0.25, -0.2) is 0 Å². The van der Waals surface area contributed by atoms with E-state index < -0.39 is 0 Å². The molecule has 0 saturated heterocycles. The van der Waals surface area contributed by atoms with Crippen LogP contribution in [0.3, 0.4) is 0 Å². The van der Waals surface area contributed by atoms with Crippen LogP contribution < -0.4 is 11.1 Å². The number of nitrogens with one attached hydrogen (secondary N) is 1. The lowest BCUT2D eigenvalue weighted by atomic mass is 9.89. The number of amides is 1. The highest BCUT2D eigenvalue weighted by Crippen LogP contribution is 2.24. The zero-order valence-corrected chi connectivity index (χ0v) is 11.0. The molecule has 1 aromatic rings. The van der Waals surface area contributed by atoms with E-state index in [2.05, 4.69) is 5.32 Å². The van der Waals surface area contributed by atoms with E-state index in [0.29, 0.717) is 16.3 Å². The van der Waals surface area contributed by atoms with Gasteiger partial charge in [0.2, 0.25) is 0 Å². The number of nitrogens with two attached hydrogens (primary N) is 1. The van der Waals surface area contributed by atoms with Gasteiger partial charge in [-0.1, -0.05) is 11.6 Å². The molecule has 18 heavy (non-hydrogen) atoms. The summed E-state index contributed by atoms with van der Waals surface area (Å²) < 4.78 is 5.44. The molecule has 0 radical (unpaired) electrons. The number of carbonyl (C=O) groups is 1. The first-order chi connectivity index (χ1) is 8.58. The molecule has 98 valence electrons. The highest BCUT2D eigenvalue weighted by atomic mass is 35.5. The molecule has 0 bridgehead atoms. The molecule has 0 atom stereocenters. The minimum absolute atomic E-state index is 0.135. The Morgan fingerprint density at radius 3 is 2.83 bits per heavy atom. The van der Waals surface area contributed by atoms with Gasteiger partial charge in [-0.3, -0.25) is 4.79 Å². The standard InChI is InChI=1S/C13H17ClN2O2/c1-2-18-12-6-11(7-12)16-13(17)8-3-9(14)5-10(15)4-8/h3-5,11-12H,2,6-7,15H2,1H3,(H,16,17). The predicted octanol–water partition coefficient (Wildman–Crippen LogP) is 2.22. The normalized spacial score (nSPS) is 22.3. The largest absolute Gasteiger partial charge is 0.399 e. The fraction of sp³-hybridized carbons (Fsp3) is 0.462. The summed E-state index contributed by atoms with van der Waals surface area (Å²) in [5, 5.41) is 3.42. The fourth-order valence-corrected chi connectivity index (χ4v) is 2.31. The van der Waals surface area contributed by atoms with Crippen LogP contribution in [0, 0.1) is 0 Å². The van der Waals surface area contributed by atoms with Gasteiger partial charge in [0.05, 0.1) is 6.10 Å². The van der Waals surface area contributed by atoms with E-state index in [1.807, 2.05) is 6.92 Å². The molecular formula is C13H17ClN2O2. The lowest BCUT2D eigenvalue weighted by Crippen LogP contribution is -2.47. The third-order valence-corrected chi connectivity index (χ3v) is 3.23. The number of hydrogen-bond acceptors (Lipinski definition) is 3. The van der Waals surface area contributed by atoms with Gasteiger partial charge in [0.25, 0.3) is 5.91 Å². The van der Waals surface area contributed by atoms with Crippen LogP contribution in [0.25, 0.3) is 0 Å². The Balaban J connectivity index is 1.89. The van der Waals surface area contributed by atoms with Crippen molar-refractivity contribution in [1.29, 1.82) is 0 Å². The summed E-state index contributed by atoms with van der Waals surface area (Å²) in [6.45, 7) is 2.69. The first-order valence-corrected chi connectivity index (χ1v) is 6.44. The zero-order valence-electron chi connectivity index (χ0n) is 10.3. The van der Waals surface area contributed by atoms with Crippen LogP contribution in [0.15, 0.2) is 18.2 Å². The van der Waals surface area contributed by atoms with E-state index in [1.165, 1.54) is 0 Å². The van der Waals surface area contributed by atoms with Crippen LogP contribution >= 0.6 is 11.6 Å². The van der Waals surface area contributed by atoms with Crippen LogP contribution in [-0.2, 0) is 4.74 Å². The molecule has 1 aliphatic rings. The smallest absolute Gasteiger partial charge is 0.251 e. The second kappa shape index (κ2) is 5.59. The Morgan fingerprint density at radius 1 is 1.50 bits per heavy atom. The van der Waals surface area contributed by atoms with E-state index in [1.54, 1.807) is 18.2 Å². The van der Waals surface area contributed by atoms with Crippen molar-refractivity contribution < 1.29 is 9.53 Å². The molecule has 1 fully saturated rings. The number of rotatable bonds is 4. The molecule has 0 unspecified atom stereocenters. The van der Waals surface area contributed by atoms with Gasteiger partial charge in [-0.05, 0) is 38.0 Å². The fourth-order valence-electron chi connectivity index (χ4n) is 2.07. The van der Waals surface area contributed by atoms with Gasteiger partial charge < -0.3 is 15.8 Å². The highest BCUT2D eigenvalue weighted by Gasteiger charge is 2.30. The van der Waals surface area contributed by atoms with Crippen LogP contribution in [0.4, 0.5) is 5.69 Å². The van der Waals surface area contributed by atoms with E-state index in [9.17, 15) is 4.79 Å². The number of halogens is 1. The molecule has 1 amide bonds.